The molecule has 0 unspecified atom stereocenters. The van der Waals surface area contributed by atoms with Gasteiger partial charge in [0.2, 0.25) is 0 Å². The molecule has 0 spiro atoms. The molecule has 0 saturated heterocycles. The van der Waals surface area contributed by atoms with Crippen LogP contribution in [0, 0.1) is 0 Å². The third-order valence-electron chi connectivity index (χ3n) is 3.87. The van der Waals surface area contributed by atoms with Crippen molar-refractivity contribution in [3.8, 4) is 0 Å². The van der Waals surface area contributed by atoms with Gasteiger partial charge >= 0.3 is 18.0 Å². The van der Waals surface area contributed by atoms with Gasteiger partial charge in [0, 0.05) is 11.4 Å². The summed E-state index contributed by atoms with van der Waals surface area (Å²) in [6, 6.07) is 7.34. The zero-order valence-corrected chi connectivity index (χ0v) is 17.5. The van der Waals surface area contributed by atoms with Crippen LogP contribution in [0.2, 0.25) is 0 Å². The van der Waals surface area contributed by atoms with Crippen molar-refractivity contribution < 1.29 is 28.7 Å². The van der Waals surface area contributed by atoms with Crippen LogP contribution in [0.4, 0.5) is 9.80 Å². The smallest absolute Gasteiger partial charge is 0.341 e. The third-order valence-corrected chi connectivity index (χ3v) is 5.07. The summed E-state index contributed by atoms with van der Waals surface area (Å²) < 4.78 is 10.0. The first-order valence-electron chi connectivity index (χ1n) is 9.23. The standard InChI is InChI=1S/C20H23N3O6S/c1-3-14-9-15(19(26)28-4-2)17(30-14)23-16(24)11-29-18(25)13-7-5-12(6-8-13)10-22-20(21)27/h5-9H,3-4,10-11H2,1-2H3,(H,23,24)(H3,21,22,27). The summed E-state index contributed by atoms with van der Waals surface area (Å²) in [6.45, 7) is 3.58. The molecule has 3 amide bonds. The second-order valence-corrected chi connectivity index (χ2v) is 7.21. The lowest BCUT2D eigenvalue weighted by Crippen LogP contribution is -2.28. The predicted molar refractivity (Wildman–Crippen MR) is 111 cm³/mol. The zero-order chi connectivity index (χ0) is 22.1. The van der Waals surface area contributed by atoms with E-state index in [9.17, 15) is 19.2 Å². The Morgan fingerprint density at radius 1 is 1.03 bits per heavy atom. The fourth-order valence-corrected chi connectivity index (χ4v) is 3.40. The average molecular weight is 433 g/mol. The number of aryl methyl sites for hydroxylation is 1. The fraction of sp³-hybridized carbons (Fsp3) is 0.300. The van der Waals surface area contributed by atoms with Crippen LogP contribution in [-0.2, 0) is 27.2 Å². The average Bonchev–Trinajstić information content (AvgIpc) is 3.14. The van der Waals surface area contributed by atoms with Crippen molar-refractivity contribution in [1.29, 1.82) is 0 Å². The van der Waals surface area contributed by atoms with Gasteiger partial charge in [-0.15, -0.1) is 11.3 Å². The van der Waals surface area contributed by atoms with Gasteiger partial charge in [-0.1, -0.05) is 19.1 Å². The van der Waals surface area contributed by atoms with Crippen LogP contribution in [0.3, 0.4) is 0 Å². The quantitative estimate of drug-likeness (QED) is 0.520. The molecule has 0 radical (unpaired) electrons. The van der Waals surface area contributed by atoms with Crippen molar-refractivity contribution in [2.45, 2.75) is 26.8 Å². The number of anilines is 1. The van der Waals surface area contributed by atoms with E-state index in [2.05, 4.69) is 10.6 Å². The van der Waals surface area contributed by atoms with Crippen LogP contribution < -0.4 is 16.4 Å². The van der Waals surface area contributed by atoms with Crippen molar-refractivity contribution in [1.82, 2.24) is 5.32 Å². The highest BCUT2D eigenvalue weighted by Crippen LogP contribution is 2.29. The molecule has 0 aliphatic heterocycles. The molecule has 0 fully saturated rings. The molecule has 0 aliphatic rings. The molecule has 0 atom stereocenters. The summed E-state index contributed by atoms with van der Waals surface area (Å²) in [5, 5.41) is 5.39. The number of carbonyl (C=O) groups is 4. The SMILES string of the molecule is CCOC(=O)c1cc(CC)sc1NC(=O)COC(=O)c1ccc(CNC(N)=O)cc1. The van der Waals surface area contributed by atoms with Gasteiger partial charge in [-0.2, -0.15) is 0 Å². The van der Waals surface area contributed by atoms with Crippen LogP contribution in [0.25, 0.3) is 0 Å². The molecule has 0 saturated carbocycles. The Bertz CT molecular complexity index is 923. The number of thiophene rings is 1. The molecule has 30 heavy (non-hydrogen) atoms. The van der Waals surface area contributed by atoms with E-state index in [4.69, 9.17) is 15.2 Å². The van der Waals surface area contributed by atoms with Crippen molar-refractivity contribution in [3.63, 3.8) is 0 Å². The summed E-state index contributed by atoms with van der Waals surface area (Å²) in [5.41, 5.74) is 6.28. The van der Waals surface area contributed by atoms with Crippen molar-refractivity contribution >= 4 is 40.2 Å². The molecule has 1 aromatic heterocycles. The normalized spacial score (nSPS) is 10.2. The van der Waals surface area contributed by atoms with Crippen molar-refractivity contribution in [3.05, 3.63) is 51.9 Å². The van der Waals surface area contributed by atoms with E-state index in [1.807, 2.05) is 6.92 Å². The van der Waals surface area contributed by atoms with E-state index in [1.54, 1.807) is 25.1 Å². The number of urea groups is 1. The number of amides is 3. The first-order valence-corrected chi connectivity index (χ1v) is 10.0. The molecule has 2 rings (SSSR count). The zero-order valence-electron chi connectivity index (χ0n) is 16.7. The van der Waals surface area contributed by atoms with Crippen LogP contribution >= 0.6 is 11.3 Å². The number of esters is 2. The lowest BCUT2D eigenvalue weighted by molar-refractivity contribution is -0.119. The van der Waals surface area contributed by atoms with Gasteiger partial charge in [-0.25, -0.2) is 14.4 Å². The molecule has 160 valence electrons. The number of primary amides is 1. The van der Waals surface area contributed by atoms with E-state index in [0.717, 1.165) is 10.4 Å². The summed E-state index contributed by atoms with van der Waals surface area (Å²) in [5.74, 6) is -1.77. The Kier molecular flexibility index (Phi) is 8.36. The summed E-state index contributed by atoms with van der Waals surface area (Å²) in [4.78, 5) is 48.0. The Morgan fingerprint density at radius 3 is 2.33 bits per heavy atom. The highest BCUT2D eigenvalue weighted by molar-refractivity contribution is 7.16. The first-order chi connectivity index (χ1) is 14.3. The van der Waals surface area contributed by atoms with Gasteiger partial charge in [0.05, 0.1) is 17.7 Å². The number of benzene rings is 1. The number of nitrogens with one attached hydrogen (secondary N) is 2. The van der Waals surface area contributed by atoms with E-state index in [0.29, 0.717) is 11.4 Å². The number of hydrogen-bond acceptors (Lipinski definition) is 7. The predicted octanol–water partition coefficient (Wildman–Crippen LogP) is 2.45. The summed E-state index contributed by atoms with van der Waals surface area (Å²) >= 11 is 1.27. The van der Waals surface area contributed by atoms with Gasteiger partial charge in [-0.05, 0) is 37.1 Å². The van der Waals surface area contributed by atoms with E-state index >= 15 is 0 Å². The van der Waals surface area contributed by atoms with Crippen LogP contribution in [0.5, 0.6) is 0 Å². The number of nitrogens with two attached hydrogens (primary N) is 1. The number of rotatable bonds is 9. The molecule has 0 bridgehead atoms. The van der Waals surface area contributed by atoms with Crippen LogP contribution in [-0.4, -0.2) is 37.1 Å². The van der Waals surface area contributed by atoms with Gasteiger partial charge in [-0.3, -0.25) is 4.79 Å². The Labute approximate surface area is 177 Å². The fourth-order valence-electron chi connectivity index (χ4n) is 2.39. The summed E-state index contributed by atoms with van der Waals surface area (Å²) in [6.07, 6.45) is 0.701. The minimum atomic E-state index is -0.675. The highest BCUT2D eigenvalue weighted by Gasteiger charge is 2.19. The van der Waals surface area contributed by atoms with E-state index in [1.165, 1.54) is 23.5 Å². The Hall–Kier alpha value is -3.40. The lowest BCUT2D eigenvalue weighted by Gasteiger charge is -2.08. The minimum absolute atomic E-state index is 0.221. The van der Waals surface area contributed by atoms with Crippen LogP contribution in [0.15, 0.2) is 30.3 Å². The molecular weight excluding hydrogens is 410 g/mol. The van der Waals surface area contributed by atoms with Gasteiger partial charge < -0.3 is 25.8 Å². The van der Waals surface area contributed by atoms with Gasteiger partial charge in [0.25, 0.3) is 5.91 Å². The topological polar surface area (TPSA) is 137 Å². The second kappa shape index (κ2) is 11.0. The van der Waals surface area contributed by atoms with Crippen LogP contribution in [0.1, 0.15) is 45.0 Å². The third kappa shape index (κ3) is 6.59. The Morgan fingerprint density at radius 2 is 1.73 bits per heavy atom. The molecular formula is C20H23N3O6S. The first kappa shape index (κ1) is 22.9. The van der Waals surface area contributed by atoms with Gasteiger partial charge in [0.15, 0.2) is 6.61 Å². The van der Waals surface area contributed by atoms with E-state index < -0.39 is 30.5 Å². The summed E-state index contributed by atoms with van der Waals surface area (Å²) in [7, 11) is 0. The molecule has 4 N–H and O–H groups in total. The molecule has 1 aromatic carbocycles. The maximum absolute atomic E-state index is 12.2. The molecule has 10 heteroatoms. The van der Waals surface area contributed by atoms with E-state index in [-0.39, 0.29) is 24.3 Å². The monoisotopic (exact) mass is 433 g/mol. The number of hydrogen-bond donors (Lipinski definition) is 3. The van der Waals surface area contributed by atoms with Crippen molar-refractivity contribution in [2.24, 2.45) is 5.73 Å². The van der Waals surface area contributed by atoms with Gasteiger partial charge in [0.1, 0.15) is 5.00 Å². The number of ether oxygens (including phenoxy) is 2. The molecule has 9 nitrogen and oxygen atoms in total. The largest absolute Gasteiger partial charge is 0.462 e. The molecule has 0 aliphatic carbocycles. The maximum atomic E-state index is 12.2. The number of carbonyl (C=O) groups excluding carboxylic acids is 4. The minimum Gasteiger partial charge on any atom is -0.462 e. The lowest BCUT2D eigenvalue weighted by atomic mass is 10.1. The maximum Gasteiger partial charge on any atom is 0.341 e. The second-order valence-electron chi connectivity index (χ2n) is 6.07. The highest BCUT2D eigenvalue weighted by atomic mass is 32.1. The Balaban J connectivity index is 1.93. The molecule has 1 heterocycles. The van der Waals surface area contributed by atoms with Crippen molar-refractivity contribution in [2.75, 3.05) is 18.5 Å². The molecule has 2 aromatic rings.